The average molecular weight is 525 g/mol. The molecule has 0 saturated heterocycles. The van der Waals surface area contributed by atoms with Gasteiger partial charge in [0.15, 0.2) is 5.88 Å². The molecule has 5 aromatic rings. The van der Waals surface area contributed by atoms with Crippen molar-refractivity contribution in [1.82, 2.24) is 4.98 Å². The van der Waals surface area contributed by atoms with Gasteiger partial charge in [-0.1, -0.05) is 48.5 Å². The molecule has 190 valence electrons. The number of aromatic nitrogens is 1. The maximum Gasteiger partial charge on any atom is 0.261 e. The Hall–Kier alpha value is -4.89. The summed E-state index contributed by atoms with van der Waals surface area (Å²) in [4.78, 5) is 19.2. The number of para-hydroxylation sites is 1. The van der Waals surface area contributed by atoms with E-state index in [1.165, 1.54) is 19.1 Å². The van der Waals surface area contributed by atoms with E-state index in [1.807, 2.05) is 30.3 Å². The number of hydrogen-bond acceptors (Lipinski definition) is 5. The molecule has 8 nitrogen and oxygen atoms in total. The maximum absolute atomic E-state index is 13.2. The first kappa shape index (κ1) is 24.8. The number of amides is 1. The molecule has 0 aliphatic heterocycles. The van der Waals surface area contributed by atoms with Gasteiger partial charge in [0, 0.05) is 34.8 Å². The fourth-order valence-electron chi connectivity index (χ4n) is 4.10. The average Bonchev–Trinajstić information content (AvgIpc) is 3.23. The van der Waals surface area contributed by atoms with E-state index >= 15 is 0 Å². The lowest BCUT2D eigenvalue weighted by molar-refractivity contribution is -0.114. The van der Waals surface area contributed by atoms with Crippen LogP contribution in [0.1, 0.15) is 18.1 Å². The predicted molar refractivity (Wildman–Crippen MR) is 150 cm³/mol. The first-order chi connectivity index (χ1) is 18.3. The van der Waals surface area contributed by atoms with Gasteiger partial charge < -0.3 is 15.4 Å². The molecule has 0 atom stereocenters. The quantitative estimate of drug-likeness (QED) is 0.201. The van der Waals surface area contributed by atoms with Gasteiger partial charge in [0.1, 0.15) is 0 Å². The number of carbonyl (C=O) groups excluding carboxylic acids is 1. The van der Waals surface area contributed by atoms with E-state index in [0.717, 1.165) is 5.56 Å². The van der Waals surface area contributed by atoms with Crippen LogP contribution < -0.4 is 10.0 Å². The molecule has 5 rings (SSSR count). The zero-order valence-corrected chi connectivity index (χ0v) is 21.2. The fraction of sp³-hybridized carbons (Fsp3) is 0.0345. The molecule has 0 aliphatic rings. The topological polar surface area (TPSA) is 124 Å². The van der Waals surface area contributed by atoms with Crippen LogP contribution in [0.5, 0.6) is 5.88 Å². The first-order valence-electron chi connectivity index (χ1n) is 11.7. The van der Waals surface area contributed by atoms with Crippen molar-refractivity contribution in [1.29, 1.82) is 0 Å². The number of aromatic amines is 1. The zero-order chi connectivity index (χ0) is 26.7. The lowest BCUT2D eigenvalue weighted by Gasteiger charge is -2.10. The first-order valence-corrected chi connectivity index (χ1v) is 13.2. The number of benzene rings is 4. The lowest BCUT2D eigenvalue weighted by atomic mass is 10.0. The summed E-state index contributed by atoms with van der Waals surface area (Å²) in [6.07, 6.45) is 0. The molecule has 38 heavy (non-hydrogen) atoms. The zero-order valence-electron chi connectivity index (χ0n) is 20.3. The van der Waals surface area contributed by atoms with Crippen molar-refractivity contribution in [2.75, 3.05) is 10.0 Å². The van der Waals surface area contributed by atoms with Gasteiger partial charge >= 0.3 is 0 Å². The number of sulfonamides is 1. The molecule has 1 aromatic heterocycles. The number of fused-ring (bicyclic) bond motifs is 1. The number of anilines is 2. The van der Waals surface area contributed by atoms with Crippen LogP contribution in [0.3, 0.4) is 0 Å². The third-order valence-electron chi connectivity index (χ3n) is 5.80. The number of aromatic hydroxyl groups is 1. The van der Waals surface area contributed by atoms with Crippen molar-refractivity contribution in [3.8, 4) is 5.88 Å². The largest absolute Gasteiger partial charge is 0.494 e. The molecule has 0 radical (unpaired) electrons. The minimum atomic E-state index is -3.90. The van der Waals surface area contributed by atoms with Crippen LogP contribution in [0.25, 0.3) is 10.9 Å². The van der Waals surface area contributed by atoms with Crippen molar-refractivity contribution >= 4 is 49.6 Å². The summed E-state index contributed by atoms with van der Waals surface area (Å²) < 4.78 is 28.9. The second-order valence-electron chi connectivity index (χ2n) is 8.58. The van der Waals surface area contributed by atoms with Gasteiger partial charge in [0.05, 0.1) is 21.9 Å². The van der Waals surface area contributed by atoms with E-state index in [4.69, 9.17) is 4.99 Å². The highest BCUT2D eigenvalue weighted by molar-refractivity contribution is 7.92. The Labute approximate surface area is 219 Å². The van der Waals surface area contributed by atoms with Crippen molar-refractivity contribution in [3.05, 3.63) is 114 Å². The van der Waals surface area contributed by atoms with Gasteiger partial charge in [-0.15, -0.1) is 0 Å². The number of H-pyrrole nitrogens is 1. The SMILES string of the molecule is CC(=O)Nc1ccc(N=C(c2ccccc2)c2c(O)[nH]c3ccc(S(=O)(=O)Nc4ccccc4)cc23)cc1. The molecule has 9 heteroatoms. The van der Waals surface area contributed by atoms with E-state index in [9.17, 15) is 18.3 Å². The Morgan fingerprint density at radius 1 is 0.842 bits per heavy atom. The van der Waals surface area contributed by atoms with Crippen LogP contribution in [0.2, 0.25) is 0 Å². The van der Waals surface area contributed by atoms with E-state index in [2.05, 4.69) is 15.0 Å². The third-order valence-corrected chi connectivity index (χ3v) is 7.18. The molecule has 1 heterocycles. The van der Waals surface area contributed by atoms with Gasteiger partial charge in [-0.05, 0) is 54.6 Å². The van der Waals surface area contributed by atoms with Gasteiger partial charge in [-0.25, -0.2) is 13.4 Å². The number of hydrogen-bond donors (Lipinski definition) is 4. The van der Waals surface area contributed by atoms with Crippen LogP contribution in [-0.4, -0.2) is 30.1 Å². The minimum absolute atomic E-state index is 0.0428. The number of aliphatic imine (C=N–C) groups is 1. The van der Waals surface area contributed by atoms with Crippen molar-refractivity contribution < 1.29 is 18.3 Å². The van der Waals surface area contributed by atoms with E-state index in [-0.39, 0.29) is 16.7 Å². The molecule has 0 bridgehead atoms. The highest BCUT2D eigenvalue weighted by Gasteiger charge is 2.22. The summed E-state index contributed by atoms with van der Waals surface area (Å²) in [5.74, 6) is -0.314. The Morgan fingerprint density at radius 3 is 2.16 bits per heavy atom. The van der Waals surface area contributed by atoms with E-state index in [0.29, 0.717) is 39.2 Å². The Balaban J connectivity index is 1.63. The molecule has 0 spiro atoms. The number of nitrogens with zero attached hydrogens (tertiary/aromatic N) is 1. The molecule has 4 aromatic carbocycles. The normalized spacial score (nSPS) is 11.9. The molecule has 1 amide bonds. The van der Waals surface area contributed by atoms with Crippen LogP contribution in [-0.2, 0) is 14.8 Å². The van der Waals surface area contributed by atoms with Gasteiger partial charge in [-0.2, -0.15) is 0 Å². The van der Waals surface area contributed by atoms with Crippen LogP contribution in [0.15, 0.2) is 113 Å². The minimum Gasteiger partial charge on any atom is -0.494 e. The number of nitrogens with one attached hydrogen (secondary N) is 3. The summed E-state index contributed by atoms with van der Waals surface area (Å²) >= 11 is 0. The van der Waals surface area contributed by atoms with Crippen molar-refractivity contribution in [3.63, 3.8) is 0 Å². The number of carbonyl (C=O) groups is 1. The highest BCUT2D eigenvalue weighted by atomic mass is 32.2. The fourth-order valence-corrected chi connectivity index (χ4v) is 5.18. The molecule has 4 N–H and O–H groups in total. The Kier molecular flexibility index (Phi) is 6.68. The Morgan fingerprint density at radius 2 is 1.50 bits per heavy atom. The maximum atomic E-state index is 13.2. The van der Waals surface area contributed by atoms with Gasteiger partial charge in [0.2, 0.25) is 5.91 Å². The summed E-state index contributed by atoms with van der Waals surface area (Å²) in [6.45, 7) is 1.43. The number of rotatable bonds is 7. The Bertz CT molecular complexity index is 1750. The summed E-state index contributed by atoms with van der Waals surface area (Å²) in [7, 11) is -3.90. The molecule has 0 fully saturated rings. The molecular formula is C29H24N4O4S. The molecule has 0 unspecified atom stereocenters. The van der Waals surface area contributed by atoms with Crippen LogP contribution in [0, 0.1) is 0 Å². The van der Waals surface area contributed by atoms with Crippen molar-refractivity contribution in [2.24, 2.45) is 4.99 Å². The van der Waals surface area contributed by atoms with Crippen LogP contribution >= 0.6 is 0 Å². The van der Waals surface area contributed by atoms with Crippen LogP contribution in [0.4, 0.5) is 17.1 Å². The van der Waals surface area contributed by atoms with Gasteiger partial charge in [0.25, 0.3) is 10.0 Å². The monoisotopic (exact) mass is 524 g/mol. The third kappa shape index (κ3) is 5.28. The van der Waals surface area contributed by atoms with E-state index in [1.54, 1.807) is 60.7 Å². The second kappa shape index (κ2) is 10.2. The lowest BCUT2D eigenvalue weighted by Crippen LogP contribution is -2.12. The summed E-state index contributed by atoms with van der Waals surface area (Å²) in [5.41, 5.74) is 3.76. The molecular weight excluding hydrogens is 500 g/mol. The molecule has 0 aliphatic carbocycles. The smallest absolute Gasteiger partial charge is 0.261 e. The van der Waals surface area contributed by atoms with Crippen molar-refractivity contribution in [2.45, 2.75) is 11.8 Å². The summed E-state index contributed by atoms with van der Waals surface area (Å²) in [5, 5.41) is 14.2. The van der Waals surface area contributed by atoms with Gasteiger partial charge in [-0.3, -0.25) is 9.52 Å². The summed E-state index contributed by atoms with van der Waals surface area (Å²) in [6, 6.07) is 29.5. The highest BCUT2D eigenvalue weighted by Crippen LogP contribution is 2.33. The second-order valence-corrected chi connectivity index (χ2v) is 10.3. The predicted octanol–water partition coefficient (Wildman–Crippen LogP) is 5.80. The van der Waals surface area contributed by atoms with E-state index < -0.39 is 10.0 Å². The molecule has 0 saturated carbocycles. The standard InChI is InChI=1S/C29H24N4O4S/c1-19(34)30-21-12-14-22(15-13-21)31-28(20-8-4-2-5-9-20)27-25-18-24(16-17-26(25)32-29(27)35)38(36,37)33-23-10-6-3-7-11-23/h2-18,32-33,35H,1H3,(H,30,34).